The fourth-order valence-electron chi connectivity index (χ4n) is 4.64. The number of piperidine rings is 2. The summed E-state index contributed by atoms with van der Waals surface area (Å²) in [5.41, 5.74) is 1.16. The Balaban J connectivity index is 1.18. The van der Waals surface area contributed by atoms with E-state index in [-0.39, 0.29) is 31.1 Å². The molecule has 3 saturated heterocycles. The van der Waals surface area contributed by atoms with E-state index in [0.29, 0.717) is 32.5 Å². The van der Waals surface area contributed by atoms with Gasteiger partial charge in [-0.25, -0.2) is 9.59 Å². The summed E-state index contributed by atoms with van der Waals surface area (Å²) in [4.78, 5) is 51.1. The molecule has 4 amide bonds. The summed E-state index contributed by atoms with van der Waals surface area (Å²) in [6.45, 7) is 7.61. The van der Waals surface area contributed by atoms with Gasteiger partial charge in [0.05, 0.1) is 19.3 Å². The minimum absolute atomic E-state index is 0.114. The summed E-state index contributed by atoms with van der Waals surface area (Å²) in [5.74, 6) is 5.47. The average Bonchev–Trinajstić information content (AvgIpc) is 3.24. The molecule has 3 fully saturated rings. The van der Waals surface area contributed by atoms with Crippen molar-refractivity contribution in [2.45, 2.75) is 76.7 Å². The number of cyclic esters (lactones) is 1. The van der Waals surface area contributed by atoms with Crippen LogP contribution in [0.15, 0.2) is 24.3 Å². The molecule has 0 aromatic heterocycles. The largest absolute Gasteiger partial charge is 0.444 e. The Labute approximate surface area is 222 Å². The molecular weight excluding hydrogens is 490 g/mol. The maximum atomic E-state index is 12.3. The maximum absolute atomic E-state index is 12.3. The molecule has 1 aromatic rings. The zero-order chi connectivity index (χ0) is 27.3. The predicted octanol–water partition coefficient (Wildman–Crippen LogP) is 3.14. The first-order chi connectivity index (χ1) is 18.1. The second kappa shape index (κ2) is 11.9. The van der Waals surface area contributed by atoms with E-state index in [2.05, 4.69) is 17.2 Å². The Morgan fingerprint density at radius 3 is 2.47 bits per heavy atom. The van der Waals surface area contributed by atoms with E-state index in [0.717, 1.165) is 24.0 Å². The lowest BCUT2D eigenvalue weighted by Crippen LogP contribution is -2.52. The third-order valence-electron chi connectivity index (χ3n) is 6.62. The minimum Gasteiger partial charge on any atom is -0.444 e. The number of benzene rings is 1. The van der Waals surface area contributed by atoms with Crippen LogP contribution >= 0.6 is 0 Å². The number of likely N-dealkylation sites (tertiary alicyclic amines) is 1. The summed E-state index contributed by atoms with van der Waals surface area (Å²) in [7, 11) is 0. The highest BCUT2D eigenvalue weighted by Crippen LogP contribution is 2.29. The Bertz CT molecular complexity index is 1110. The molecule has 0 bridgehead atoms. The highest BCUT2D eigenvalue weighted by atomic mass is 16.6. The molecule has 0 spiro atoms. The van der Waals surface area contributed by atoms with Crippen LogP contribution in [0.3, 0.4) is 0 Å². The van der Waals surface area contributed by atoms with Gasteiger partial charge in [-0.15, -0.1) is 0 Å². The number of rotatable bonds is 5. The van der Waals surface area contributed by atoms with Crippen molar-refractivity contribution in [3.05, 3.63) is 35.4 Å². The molecule has 1 aromatic carbocycles. The minimum atomic E-state index is -0.685. The van der Waals surface area contributed by atoms with Gasteiger partial charge >= 0.3 is 12.2 Å². The number of amides is 4. The van der Waals surface area contributed by atoms with Crippen LogP contribution in [0, 0.1) is 11.8 Å². The summed E-state index contributed by atoms with van der Waals surface area (Å²) < 4.78 is 16.8. The summed E-state index contributed by atoms with van der Waals surface area (Å²) in [6, 6.07) is 6.79. The fraction of sp³-hybridized carbons (Fsp3) is 0.571. The normalized spacial score (nSPS) is 22.4. The van der Waals surface area contributed by atoms with Gasteiger partial charge in [0.1, 0.15) is 17.7 Å². The molecule has 0 aliphatic carbocycles. The molecule has 2 atom stereocenters. The van der Waals surface area contributed by atoms with Gasteiger partial charge in [0.15, 0.2) is 0 Å². The Hall–Kier alpha value is -3.58. The topological polar surface area (TPSA) is 114 Å². The molecule has 3 heterocycles. The SMILES string of the molecule is CC(C)(C)OC(=O)N1CCC(OCCC#Cc2ccc([C@@H]3CN([C@@H]4CCC(=O)NC4=O)C(=O)O3)cc2)CC1. The van der Waals surface area contributed by atoms with Gasteiger partial charge in [0, 0.05) is 31.5 Å². The third-order valence-corrected chi connectivity index (χ3v) is 6.62. The quantitative estimate of drug-likeness (QED) is 0.357. The fourth-order valence-corrected chi connectivity index (χ4v) is 4.64. The van der Waals surface area contributed by atoms with Crippen LogP contribution in [0.4, 0.5) is 9.59 Å². The second-order valence-corrected chi connectivity index (χ2v) is 10.7. The Kier molecular flexibility index (Phi) is 8.57. The summed E-state index contributed by atoms with van der Waals surface area (Å²) in [6.07, 6.45) is 1.46. The number of nitrogens with one attached hydrogen (secondary N) is 1. The monoisotopic (exact) mass is 525 g/mol. The van der Waals surface area contributed by atoms with E-state index in [9.17, 15) is 19.2 Å². The molecule has 4 rings (SSSR count). The maximum Gasteiger partial charge on any atom is 0.411 e. The average molecular weight is 526 g/mol. The molecule has 0 unspecified atom stereocenters. The van der Waals surface area contributed by atoms with Crippen molar-refractivity contribution in [1.29, 1.82) is 0 Å². The van der Waals surface area contributed by atoms with E-state index in [4.69, 9.17) is 14.2 Å². The smallest absolute Gasteiger partial charge is 0.411 e. The number of carbonyl (C=O) groups excluding carboxylic acids is 4. The van der Waals surface area contributed by atoms with Gasteiger partial charge in [-0.2, -0.15) is 0 Å². The van der Waals surface area contributed by atoms with Crippen LogP contribution in [0.2, 0.25) is 0 Å². The first kappa shape index (κ1) is 27.5. The number of carbonyl (C=O) groups is 4. The third kappa shape index (κ3) is 7.25. The second-order valence-electron chi connectivity index (χ2n) is 10.7. The van der Waals surface area contributed by atoms with Gasteiger partial charge in [-0.3, -0.25) is 19.8 Å². The number of hydrogen-bond acceptors (Lipinski definition) is 7. The molecule has 3 aliphatic rings. The highest BCUT2D eigenvalue weighted by molar-refractivity contribution is 6.01. The molecule has 204 valence electrons. The lowest BCUT2D eigenvalue weighted by molar-refractivity contribution is -0.136. The molecule has 0 radical (unpaired) electrons. The molecule has 3 aliphatic heterocycles. The van der Waals surface area contributed by atoms with Gasteiger partial charge in [0.2, 0.25) is 11.8 Å². The lowest BCUT2D eigenvalue weighted by atomic mass is 10.0. The van der Waals surface area contributed by atoms with Crippen LogP contribution in [-0.2, 0) is 23.8 Å². The van der Waals surface area contributed by atoms with Crippen LogP contribution in [0.5, 0.6) is 0 Å². The molecule has 10 nitrogen and oxygen atoms in total. The summed E-state index contributed by atoms with van der Waals surface area (Å²) in [5, 5.41) is 2.28. The van der Waals surface area contributed by atoms with Crippen molar-refractivity contribution in [2.24, 2.45) is 0 Å². The Morgan fingerprint density at radius 1 is 1.11 bits per heavy atom. The molecule has 0 saturated carbocycles. The highest BCUT2D eigenvalue weighted by Gasteiger charge is 2.41. The van der Waals surface area contributed by atoms with Crippen molar-refractivity contribution in [1.82, 2.24) is 15.1 Å². The van der Waals surface area contributed by atoms with Crippen molar-refractivity contribution in [3.63, 3.8) is 0 Å². The van der Waals surface area contributed by atoms with Gasteiger partial charge in [-0.05, 0) is 57.7 Å². The number of hydrogen-bond donors (Lipinski definition) is 1. The van der Waals surface area contributed by atoms with Crippen molar-refractivity contribution in [3.8, 4) is 11.8 Å². The van der Waals surface area contributed by atoms with Crippen LogP contribution in [-0.4, -0.2) is 77.8 Å². The van der Waals surface area contributed by atoms with Gasteiger partial charge < -0.3 is 19.1 Å². The molecular formula is C28H35N3O7. The first-order valence-electron chi connectivity index (χ1n) is 13.1. The van der Waals surface area contributed by atoms with E-state index in [1.54, 1.807) is 4.90 Å². The number of nitrogens with zero attached hydrogens (tertiary/aromatic N) is 2. The van der Waals surface area contributed by atoms with Crippen molar-refractivity contribution in [2.75, 3.05) is 26.2 Å². The van der Waals surface area contributed by atoms with Crippen LogP contribution in [0.1, 0.15) is 70.1 Å². The van der Waals surface area contributed by atoms with Crippen molar-refractivity contribution >= 4 is 24.0 Å². The van der Waals surface area contributed by atoms with E-state index in [1.807, 2.05) is 45.0 Å². The van der Waals surface area contributed by atoms with Gasteiger partial charge in [0.25, 0.3) is 0 Å². The zero-order valence-corrected chi connectivity index (χ0v) is 22.2. The molecule has 1 N–H and O–H groups in total. The predicted molar refractivity (Wildman–Crippen MR) is 137 cm³/mol. The Morgan fingerprint density at radius 2 is 1.82 bits per heavy atom. The van der Waals surface area contributed by atoms with Crippen LogP contribution < -0.4 is 5.32 Å². The molecule has 38 heavy (non-hydrogen) atoms. The van der Waals surface area contributed by atoms with E-state index < -0.39 is 29.7 Å². The van der Waals surface area contributed by atoms with Crippen LogP contribution in [0.25, 0.3) is 0 Å². The van der Waals surface area contributed by atoms with E-state index >= 15 is 0 Å². The standard InChI is InChI=1S/C28H35N3O7/c1-28(2,3)38-26(34)30-15-13-21(14-16-30)36-17-5-4-6-19-7-9-20(10-8-19)23-18-31(27(35)37-23)22-11-12-24(32)29-25(22)33/h7-10,21-23H,5,11-18H2,1-3H3,(H,29,32,33)/t22-,23+/m1/s1. The summed E-state index contributed by atoms with van der Waals surface area (Å²) >= 11 is 0. The zero-order valence-electron chi connectivity index (χ0n) is 22.2. The van der Waals surface area contributed by atoms with Gasteiger partial charge in [-0.1, -0.05) is 24.0 Å². The molecule has 10 heteroatoms. The number of ether oxygens (including phenoxy) is 3. The lowest BCUT2D eigenvalue weighted by Gasteiger charge is -2.33. The van der Waals surface area contributed by atoms with E-state index in [1.165, 1.54) is 4.90 Å². The van der Waals surface area contributed by atoms with Crippen molar-refractivity contribution < 1.29 is 33.4 Å². The number of imide groups is 1. The first-order valence-corrected chi connectivity index (χ1v) is 13.1.